The predicted octanol–water partition coefficient (Wildman–Crippen LogP) is 2.71. The van der Waals surface area contributed by atoms with Gasteiger partial charge < -0.3 is 14.7 Å². The maximum absolute atomic E-state index is 11.0. The third kappa shape index (κ3) is 2.58. The monoisotopic (exact) mass is 360 g/mol. The number of carbonyl (C=O) groups is 2. The number of nitrogens with one attached hydrogen (secondary N) is 2. The smallest absolute Gasteiger partial charge is 0.350 e. The van der Waals surface area contributed by atoms with Gasteiger partial charge in [0.25, 0.3) is 11.7 Å². The van der Waals surface area contributed by atoms with Crippen LogP contribution in [0.25, 0.3) is 11.0 Å². The standard InChI is InChI=1S/C9H5BrO2.C6H4N2O2/c10-7-5-6-3-1-2-4-8(6)12-9(7)11;9-5-4-3(1-2-7-4)8-6(5)10/h1-5H;1-2,7H,(H,8,9,10). The largest absolute Gasteiger partial charge is 0.422 e. The molecule has 0 aliphatic carbocycles. The maximum atomic E-state index is 11.0. The van der Waals surface area contributed by atoms with Crippen molar-refractivity contribution in [3.05, 3.63) is 63.2 Å². The Balaban J connectivity index is 0.000000133. The minimum absolute atomic E-state index is 0.339. The summed E-state index contributed by atoms with van der Waals surface area (Å²) in [5.74, 6) is -1.04. The number of benzene rings is 1. The highest BCUT2D eigenvalue weighted by Crippen LogP contribution is 2.19. The van der Waals surface area contributed by atoms with Crippen LogP contribution in [0, 0.1) is 0 Å². The Hall–Kier alpha value is -2.67. The molecule has 3 aromatic rings. The van der Waals surface area contributed by atoms with Crippen molar-refractivity contribution in [2.75, 3.05) is 5.32 Å². The number of fused-ring (bicyclic) bond motifs is 2. The second kappa shape index (κ2) is 5.61. The van der Waals surface area contributed by atoms with Gasteiger partial charge in [0.05, 0.1) is 5.69 Å². The Labute approximate surface area is 132 Å². The molecule has 0 bridgehead atoms. The highest BCUT2D eigenvalue weighted by molar-refractivity contribution is 9.10. The molecular formula is C15H9BrN2O4. The van der Waals surface area contributed by atoms with Crippen LogP contribution in [0.5, 0.6) is 0 Å². The molecule has 0 unspecified atom stereocenters. The minimum atomic E-state index is -0.554. The number of aromatic amines is 1. The number of ketones is 1. The quantitative estimate of drug-likeness (QED) is 0.476. The van der Waals surface area contributed by atoms with Crippen LogP contribution in [0.3, 0.4) is 0 Å². The van der Waals surface area contributed by atoms with Gasteiger partial charge in [0.1, 0.15) is 15.7 Å². The summed E-state index contributed by atoms with van der Waals surface area (Å²) in [6.07, 6.45) is 1.61. The fraction of sp³-hybridized carbons (Fsp3) is 0. The maximum Gasteiger partial charge on any atom is 0.350 e. The van der Waals surface area contributed by atoms with Crippen molar-refractivity contribution in [1.82, 2.24) is 4.98 Å². The molecule has 7 heteroatoms. The Morgan fingerprint density at radius 2 is 1.82 bits per heavy atom. The van der Waals surface area contributed by atoms with Crippen LogP contribution in [0.15, 0.2) is 56.3 Å². The first-order valence-electron chi connectivity index (χ1n) is 6.27. The molecule has 0 radical (unpaired) electrons. The van der Waals surface area contributed by atoms with Gasteiger partial charge in [0.15, 0.2) is 0 Å². The molecule has 22 heavy (non-hydrogen) atoms. The molecule has 0 saturated carbocycles. The number of amides is 1. The number of aromatic nitrogens is 1. The van der Waals surface area contributed by atoms with E-state index >= 15 is 0 Å². The van der Waals surface area contributed by atoms with Crippen molar-refractivity contribution in [3.63, 3.8) is 0 Å². The summed E-state index contributed by atoms with van der Waals surface area (Å²) in [4.78, 5) is 35.1. The van der Waals surface area contributed by atoms with Crippen LogP contribution in [0.1, 0.15) is 10.5 Å². The summed E-state index contributed by atoms with van der Waals surface area (Å²) in [5, 5.41) is 3.33. The summed E-state index contributed by atoms with van der Waals surface area (Å²) in [6, 6.07) is 10.8. The molecule has 110 valence electrons. The van der Waals surface area contributed by atoms with Gasteiger partial charge in [-0.3, -0.25) is 9.59 Å². The van der Waals surface area contributed by atoms with E-state index in [-0.39, 0.29) is 5.63 Å². The Morgan fingerprint density at radius 1 is 1.05 bits per heavy atom. The molecule has 6 nitrogen and oxygen atoms in total. The molecule has 1 aromatic carbocycles. The lowest BCUT2D eigenvalue weighted by molar-refractivity contribution is -0.112. The second-order valence-corrected chi connectivity index (χ2v) is 5.32. The van der Waals surface area contributed by atoms with Crippen molar-refractivity contribution in [3.8, 4) is 0 Å². The molecule has 2 N–H and O–H groups in total. The predicted molar refractivity (Wildman–Crippen MR) is 83.9 cm³/mol. The summed E-state index contributed by atoms with van der Waals surface area (Å²) in [7, 11) is 0. The average molecular weight is 361 g/mol. The molecule has 3 heterocycles. The first kappa shape index (κ1) is 14.3. The van der Waals surface area contributed by atoms with E-state index in [4.69, 9.17) is 4.42 Å². The van der Waals surface area contributed by atoms with Gasteiger partial charge in [-0.05, 0) is 34.1 Å². The molecule has 0 spiro atoms. The van der Waals surface area contributed by atoms with Gasteiger partial charge >= 0.3 is 5.63 Å². The third-order valence-corrected chi connectivity index (χ3v) is 3.58. The fourth-order valence-corrected chi connectivity index (χ4v) is 2.32. The summed E-state index contributed by atoms with van der Waals surface area (Å²) in [5.41, 5.74) is 1.22. The fourth-order valence-electron chi connectivity index (χ4n) is 1.99. The summed E-state index contributed by atoms with van der Waals surface area (Å²) < 4.78 is 5.45. The number of hydrogen-bond donors (Lipinski definition) is 2. The second-order valence-electron chi connectivity index (χ2n) is 4.47. The van der Waals surface area contributed by atoms with Crippen LogP contribution in [0.2, 0.25) is 0 Å². The zero-order chi connectivity index (χ0) is 15.7. The highest BCUT2D eigenvalue weighted by Gasteiger charge is 2.28. The Bertz CT molecular complexity index is 942. The molecule has 0 fully saturated rings. The van der Waals surface area contributed by atoms with Crippen LogP contribution >= 0.6 is 15.9 Å². The van der Waals surface area contributed by atoms with Crippen LogP contribution in [-0.2, 0) is 4.79 Å². The van der Waals surface area contributed by atoms with Gasteiger partial charge in [-0.15, -0.1) is 0 Å². The minimum Gasteiger partial charge on any atom is -0.422 e. The van der Waals surface area contributed by atoms with Crippen molar-refractivity contribution >= 4 is 44.3 Å². The van der Waals surface area contributed by atoms with Crippen molar-refractivity contribution in [2.24, 2.45) is 0 Å². The van der Waals surface area contributed by atoms with E-state index in [2.05, 4.69) is 26.2 Å². The van der Waals surface area contributed by atoms with Gasteiger partial charge in [-0.1, -0.05) is 18.2 Å². The number of hydrogen-bond acceptors (Lipinski definition) is 4. The zero-order valence-electron chi connectivity index (χ0n) is 11.1. The average Bonchev–Trinajstić information content (AvgIpc) is 3.05. The van der Waals surface area contributed by atoms with E-state index < -0.39 is 11.7 Å². The van der Waals surface area contributed by atoms with E-state index in [1.807, 2.05) is 18.2 Å². The van der Waals surface area contributed by atoms with Gasteiger partial charge in [-0.2, -0.15) is 0 Å². The van der Waals surface area contributed by atoms with Gasteiger partial charge in [0.2, 0.25) is 0 Å². The number of Topliss-reactive ketones (excluding diaryl/α,β-unsaturated/α-hetero) is 1. The molecule has 0 saturated heterocycles. The molecule has 1 aliphatic rings. The first-order valence-corrected chi connectivity index (χ1v) is 7.07. The summed E-state index contributed by atoms with van der Waals surface area (Å²) in [6.45, 7) is 0. The van der Waals surface area contributed by atoms with E-state index in [0.29, 0.717) is 21.4 Å². The topological polar surface area (TPSA) is 92.2 Å². The lowest BCUT2D eigenvalue weighted by atomic mass is 10.2. The van der Waals surface area contributed by atoms with Gasteiger partial charge in [0, 0.05) is 11.6 Å². The SMILES string of the molecule is O=C1Nc2cc[nH]c2C1=O.O=c1oc2ccccc2cc1Br. The van der Waals surface area contributed by atoms with E-state index in [9.17, 15) is 14.4 Å². The van der Waals surface area contributed by atoms with E-state index in [1.165, 1.54) is 0 Å². The Kier molecular flexibility index (Phi) is 3.64. The van der Waals surface area contributed by atoms with Crippen LogP contribution in [0.4, 0.5) is 5.69 Å². The molecule has 4 rings (SSSR count). The first-order chi connectivity index (χ1) is 10.6. The number of para-hydroxylation sites is 1. The molecule has 0 atom stereocenters. The molecular weight excluding hydrogens is 352 g/mol. The third-order valence-electron chi connectivity index (χ3n) is 3.03. The summed E-state index contributed by atoms with van der Waals surface area (Å²) >= 11 is 3.11. The van der Waals surface area contributed by atoms with E-state index in [0.717, 1.165) is 5.39 Å². The Morgan fingerprint density at radius 3 is 2.59 bits per heavy atom. The van der Waals surface area contributed by atoms with Crippen LogP contribution < -0.4 is 10.9 Å². The molecule has 2 aromatic heterocycles. The normalized spacial score (nSPS) is 12.6. The molecule has 1 aliphatic heterocycles. The number of halogens is 1. The number of carbonyl (C=O) groups excluding carboxylic acids is 2. The highest BCUT2D eigenvalue weighted by atomic mass is 79.9. The molecule has 1 amide bonds. The van der Waals surface area contributed by atoms with Crippen LogP contribution in [-0.4, -0.2) is 16.7 Å². The lowest BCUT2D eigenvalue weighted by Crippen LogP contribution is -2.13. The zero-order valence-corrected chi connectivity index (χ0v) is 12.6. The van der Waals surface area contributed by atoms with Gasteiger partial charge in [-0.25, -0.2) is 4.79 Å². The lowest BCUT2D eigenvalue weighted by Gasteiger charge is -1.94. The number of anilines is 1. The van der Waals surface area contributed by atoms with Crippen molar-refractivity contribution in [2.45, 2.75) is 0 Å². The van der Waals surface area contributed by atoms with E-state index in [1.54, 1.807) is 24.4 Å². The number of rotatable bonds is 0. The number of H-pyrrole nitrogens is 1. The van der Waals surface area contributed by atoms with Crippen molar-refractivity contribution in [1.29, 1.82) is 0 Å². The van der Waals surface area contributed by atoms with Crippen molar-refractivity contribution < 1.29 is 14.0 Å².